The molecule has 1 aliphatic heterocycles. The molecule has 1 heterocycles. The van der Waals surface area contributed by atoms with Crippen molar-refractivity contribution in [1.82, 2.24) is 10.6 Å². The van der Waals surface area contributed by atoms with Gasteiger partial charge in [-0.3, -0.25) is 9.59 Å². The highest BCUT2D eigenvalue weighted by Gasteiger charge is 2.21. The largest absolute Gasteiger partial charge is 0.371 e. The van der Waals surface area contributed by atoms with E-state index >= 15 is 0 Å². The van der Waals surface area contributed by atoms with E-state index in [0.29, 0.717) is 6.54 Å². The van der Waals surface area contributed by atoms with Gasteiger partial charge in [-0.1, -0.05) is 6.07 Å². The van der Waals surface area contributed by atoms with Crippen molar-refractivity contribution in [2.24, 2.45) is 5.92 Å². The van der Waals surface area contributed by atoms with E-state index in [1.165, 1.54) is 25.7 Å². The van der Waals surface area contributed by atoms with Gasteiger partial charge in [-0.15, -0.1) is 24.8 Å². The van der Waals surface area contributed by atoms with Crippen LogP contribution in [-0.2, 0) is 9.59 Å². The van der Waals surface area contributed by atoms with E-state index in [4.69, 9.17) is 0 Å². The molecule has 28 heavy (non-hydrogen) atoms. The lowest BCUT2D eigenvalue weighted by atomic mass is 10.2. The second kappa shape index (κ2) is 12.1. The molecule has 0 bridgehead atoms. The molecule has 2 amide bonds. The Hall–Kier alpha value is -1.50. The predicted octanol–water partition coefficient (Wildman–Crippen LogP) is 2.96. The van der Waals surface area contributed by atoms with Crippen LogP contribution in [0.25, 0.3) is 0 Å². The molecule has 1 aromatic carbocycles. The number of benzene rings is 1. The molecular formula is C20H32Cl2N4O2. The summed E-state index contributed by atoms with van der Waals surface area (Å²) in [6.45, 7) is 5.25. The Morgan fingerprint density at radius 1 is 1.14 bits per heavy atom. The molecule has 1 saturated carbocycles. The highest BCUT2D eigenvalue weighted by molar-refractivity contribution is 5.92. The summed E-state index contributed by atoms with van der Waals surface area (Å²) in [5.41, 5.74) is 1.97. The van der Waals surface area contributed by atoms with Crippen LogP contribution in [0.3, 0.4) is 0 Å². The van der Waals surface area contributed by atoms with E-state index in [9.17, 15) is 9.59 Å². The summed E-state index contributed by atoms with van der Waals surface area (Å²) in [6, 6.07) is 7.79. The maximum atomic E-state index is 12.3. The van der Waals surface area contributed by atoms with Crippen LogP contribution in [0.15, 0.2) is 24.3 Å². The van der Waals surface area contributed by atoms with Gasteiger partial charge < -0.3 is 20.9 Å². The average molecular weight is 431 g/mol. The quantitative estimate of drug-likeness (QED) is 0.562. The summed E-state index contributed by atoms with van der Waals surface area (Å²) in [5.74, 6) is 0.617. The molecule has 3 N–H and O–H groups in total. The minimum absolute atomic E-state index is 0. The number of halogens is 2. The summed E-state index contributed by atoms with van der Waals surface area (Å²) in [5, 5.41) is 8.98. The van der Waals surface area contributed by atoms with Crippen molar-refractivity contribution in [1.29, 1.82) is 0 Å². The number of nitrogens with zero attached hydrogens (tertiary/aromatic N) is 1. The van der Waals surface area contributed by atoms with Crippen LogP contribution in [-0.4, -0.2) is 44.0 Å². The monoisotopic (exact) mass is 430 g/mol. The van der Waals surface area contributed by atoms with Crippen molar-refractivity contribution < 1.29 is 9.59 Å². The molecule has 1 atom stereocenters. The van der Waals surface area contributed by atoms with Crippen LogP contribution in [0.5, 0.6) is 0 Å². The van der Waals surface area contributed by atoms with Crippen molar-refractivity contribution in [2.75, 3.05) is 36.4 Å². The normalized spacial score (nSPS) is 16.5. The number of nitrogens with one attached hydrogen (secondary N) is 3. The standard InChI is InChI=1S/C20H30N4O2.2ClH/c1-15(22-20(26)14-21-13-16-7-8-16)11-19(25)23-17-5-4-6-18(12-17)24-9-2-3-10-24;;/h4-6,12,15-16,21H,2-3,7-11,13-14H2,1H3,(H,22,26)(H,23,25);2*1H. The molecule has 8 heteroatoms. The molecule has 158 valence electrons. The molecule has 1 aliphatic carbocycles. The molecule has 3 rings (SSSR count). The molecule has 2 aliphatic rings. The Labute approximate surface area is 180 Å². The molecule has 2 fully saturated rings. The molecule has 1 saturated heterocycles. The fraction of sp³-hybridized carbons (Fsp3) is 0.600. The van der Waals surface area contributed by atoms with Gasteiger partial charge >= 0.3 is 0 Å². The number of hydrogen-bond donors (Lipinski definition) is 3. The van der Waals surface area contributed by atoms with Crippen LogP contribution in [0.4, 0.5) is 11.4 Å². The Morgan fingerprint density at radius 3 is 2.54 bits per heavy atom. The van der Waals surface area contributed by atoms with Crippen molar-refractivity contribution in [3.8, 4) is 0 Å². The second-order valence-electron chi connectivity index (χ2n) is 7.54. The Morgan fingerprint density at radius 2 is 1.86 bits per heavy atom. The molecular weight excluding hydrogens is 399 g/mol. The van der Waals surface area contributed by atoms with Gasteiger partial charge in [0.15, 0.2) is 0 Å². The smallest absolute Gasteiger partial charge is 0.234 e. The summed E-state index contributed by atoms with van der Waals surface area (Å²) in [6.07, 6.45) is 5.25. The van der Waals surface area contributed by atoms with Gasteiger partial charge in [0.2, 0.25) is 11.8 Å². The van der Waals surface area contributed by atoms with E-state index < -0.39 is 0 Å². The van der Waals surface area contributed by atoms with Crippen LogP contribution in [0.1, 0.15) is 39.0 Å². The van der Waals surface area contributed by atoms with Gasteiger partial charge in [0, 0.05) is 36.9 Å². The average Bonchev–Trinajstić information content (AvgIpc) is 3.25. The third kappa shape index (κ3) is 8.25. The Kier molecular flexibility index (Phi) is 10.6. The first kappa shape index (κ1) is 24.5. The molecule has 1 unspecified atom stereocenters. The van der Waals surface area contributed by atoms with E-state index in [2.05, 4.69) is 26.9 Å². The first-order valence-corrected chi connectivity index (χ1v) is 9.75. The maximum Gasteiger partial charge on any atom is 0.234 e. The highest BCUT2D eigenvalue weighted by Crippen LogP contribution is 2.27. The Bertz CT molecular complexity index is 634. The van der Waals surface area contributed by atoms with Gasteiger partial charge in [0.05, 0.1) is 6.54 Å². The van der Waals surface area contributed by atoms with Crippen molar-refractivity contribution in [3.63, 3.8) is 0 Å². The van der Waals surface area contributed by atoms with Crippen molar-refractivity contribution in [2.45, 2.75) is 45.1 Å². The lowest BCUT2D eigenvalue weighted by molar-refractivity contribution is -0.121. The highest BCUT2D eigenvalue weighted by atomic mass is 35.5. The third-order valence-corrected chi connectivity index (χ3v) is 4.92. The fourth-order valence-corrected chi connectivity index (χ4v) is 3.33. The SMILES string of the molecule is CC(CC(=O)Nc1cccc(N2CCCC2)c1)NC(=O)CNCC1CC1.Cl.Cl. The number of rotatable bonds is 9. The summed E-state index contributed by atoms with van der Waals surface area (Å²) in [4.78, 5) is 26.5. The Balaban J connectivity index is 0.00000196. The first-order valence-electron chi connectivity index (χ1n) is 9.75. The maximum absolute atomic E-state index is 12.3. The van der Waals surface area contributed by atoms with Gasteiger partial charge in [-0.25, -0.2) is 0 Å². The summed E-state index contributed by atoms with van der Waals surface area (Å²) >= 11 is 0. The third-order valence-electron chi connectivity index (χ3n) is 4.92. The fourth-order valence-electron chi connectivity index (χ4n) is 3.33. The number of anilines is 2. The van der Waals surface area contributed by atoms with Crippen LogP contribution in [0.2, 0.25) is 0 Å². The molecule has 0 spiro atoms. The number of carbonyl (C=O) groups excluding carboxylic acids is 2. The van der Waals surface area contributed by atoms with E-state index in [1.807, 2.05) is 25.1 Å². The minimum atomic E-state index is -0.188. The van der Waals surface area contributed by atoms with E-state index in [0.717, 1.165) is 36.9 Å². The molecule has 0 aromatic heterocycles. The lowest BCUT2D eigenvalue weighted by Gasteiger charge is -2.19. The molecule has 6 nitrogen and oxygen atoms in total. The topological polar surface area (TPSA) is 73.5 Å². The summed E-state index contributed by atoms with van der Waals surface area (Å²) in [7, 11) is 0. The second-order valence-corrected chi connectivity index (χ2v) is 7.54. The zero-order chi connectivity index (χ0) is 18.4. The molecule has 1 aromatic rings. The van der Waals surface area contributed by atoms with E-state index in [1.54, 1.807) is 0 Å². The van der Waals surface area contributed by atoms with Crippen LogP contribution < -0.4 is 20.9 Å². The molecule has 0 radical (unpaired) electrons. The zero-order valence-corrected chi connectivity index (χ0v) is 18.0. The van der Waals surface area contributed by atoms with Gasteiger partial charge in [-0.2, -0.15) is 0 Å². The van der Waals surface area contributed by atoms with Gasteiger partial charge in [0.25, 0.3) is 0 Å². The van der Waals surface area contributed by atoms with Crippen molar-refractivity contribution in [3.05, 3.63) is 24.3 Å². The number of hydrogen-bond acceptors (Lipinski definition) is 4. The summed E-state index contributed by atoms with van der Waals surface area (Å²) < 4.78 is 0. The lowest BCUT2D eigenvalue weighted by Crippen LogP contribution is -2.41. The number of amides is 2. The van der Waals surface area contributed by atoms with Crippen molar-refractivity contribution >= 4 is 48.0 Å². The first-order chi connectivity index (χ1) is 12.6. The van der Waals surface area contributed by atoms with Gasteiger partial charge in [-0.05, 0) is 63.3 Å². The predicted molar refractivity (Wildman–Crippen MR) is 119 cm³/mol. The van der Waals surface area contributed by atoms with E-state index in [-0.39, 0.29) is 49.1 Å². The minimum Gasteiger partial charge on any atom is -0.371 e. The van der Waals surface area contributed by atoms with Crippen LogP contribution in [0, 0.1) is 5.92 Å². The van der Waals surface area contributed by atoms with Crippen LogP contribution >= 0.6 is 24.8 Å². The zero-order valence-electron chi connectivity index (χ0n) is 16.4. The number of carbonyl (C=O) groups is 2. The van der Waals surface area contributed by atoms with Gasteiger partial charge in [0.1, 0.15) is 0 Å².